The number of para-hydroxylation sites is 1. The molecule has 21 heavy (non-hydrogen) atoms. The van der Waals surface area contributed by atoms with E-state index in [0.717, 1.165) is 24.1 Å². The van der Waals surface area contributed by atoms with Crippen LogP contribution in [0.5, 0.6) is 0 Å². The fraction of sp³-hybridized carbons (Fsp3) is 0.250. The lowest BCUT2D eigenvalue weighted by atomic mass is 10.0. The van der Waals surface area contributed by atoms with Gasteiger partial charge in [0, 0.05) is 12.1 Å². The van der Waals surface area contributed by atoms with E-state index in [9.17, 15) is 10.1 Å². The number of nitrogens with zero attached hydrogens (tertiary/aromatic N) is 1. The molecule has 0 aromatic heterocycles. The Kier molecular flexibility index (Phi) is 5.17. The normalized spacial score (nSPS) is 11.9. The summed E-state index contributed by atoms with van der Waals surface area (Å²) in [5.74, 6) is 0. The van der Waals surface area contributed by atoms with Crippen LogP contribution in [-0.4, -0.2) is 4.92 Å². The Morgan fingerprint density at radius 2 is 2.00 bits per heavy atom. The first-order valence-electron chi connectivity index (χ1n) is 6.87. The van der Waals surface area contributed by atoms with Crippen molar-refractivity contribution in [3.05, 3.63) is 69.2 Å². The van der Waals surface area contributed by atoms with Crippen molar-refractivity contribution in [2.45, 2.75) is 25.8 Å². The van der Waals surface area contributed by atoms with Crippen molar-refractivity contribution < 1.29 is 4.92 Å². The molecule has 4 nitrogen and oxygen atoms in total. The van der Waals surface area contributed by atoms with Crippen LogP contribution in [0.4, 0.5) is 11.4 Å². The van der Waals surface area contributed by atoms with Gasteiger partial charge in [-0.1, -0.05) is 49.2 Å². The zero-order chi connectivity index (χ0) is 15.2. The van der Waals surface area contributed by atoms with Crippen molar-refractivity contribution in [2.75, 3.05) is 5.32 Å². The van der Waals surface area contributed by atoms with E-state index in [2.05, 4.69) is 12.2 Å². The molecule has 1 N–H and O–H groups in total. The summed E-state index contributed by atoms with van der Waals surface area (Å²) >= 11 is 6.17. The van der Waals surface area contributed by atoms with Crippen LogP contribution >= 0.6 is 11.6 Å². The van der Waals surface area contributed by atoms with Gasteiger partial charge in [-0.15, -0.1) is 0 Å². The van der Waals surface area contributed by atoms with Crippen molar-refractivity contribution in [1.82, 2.24) is 0 Å². The second kappa shape index (κ2) is 7.09. The van der Waals surface area contributed by atoms with Crippen LogP contribution in [0.25, 0.3) is 0 Å². The summed E-state index contributed by atoms with van der Waals surface area (Å²) in [6, 6.07) is 14.2. The highest BCUT2D eigenvalue weighted by molar-refractivity contribution is 6.33. The summed E-state index contributed by atoms with van der Waals surface area (Å²) in [6.07, 6.45) is 1.83. The highest BCUT2D eigenvalue weighted by Crippen LogP contribution is 2.29. The first kappa shape index (κ1) is 15.3. The van der Waals surface area contributed by atoms with Crippen molar-refractivity contribution in [2.24, 2.45) is 0 Å². The lowest BCUT2D eigenvalue weighted by molar-refractivity contribution is -0.384. The quantitative estimate of drug-likeness (QED) is 0.589. The fourth-order valence-electron chi connectivity index (χ4n) is 2.23. The van der Waals surface area contributed by atoms with Gasteiger partial charge in [-0.05, 0) is 24.1 Å². The Morgan fingerprint density at radius 1 is 1.24 bits per heavy atom. The molecule has 0 radical (unpaired) electrons. The van der Waals surface area contributed by atoms with Gasteiger partial charge in [-0.25, -0.2) is 0 Å². The van der Waals surface area contributed by atoms with Crippen LogP contribution in [0.3, 0.4) is 0 Å². The van der Waals surface area contributed by atoms with Gasteiger partial charge < -0.3 is 5.32 Å². The van der Waals surface area contributed by atoms with Gasteiger partial charge in [0.05, 0.1) is 21.7 Å². The molecule has 2 aromatic rings. The van der Waals surface area contributed by atoms with Crippen LogP contribution in [0.1, 0.15) is 31.4 Å². The van der Waals surface area contributed by atoms with Crippen molar-refractivity contribution >= 4 is 23.0 Å². The molecule has 0 aliphatic carbocycles. The molecule has 0 bridgehead atoms. The largest absolute Gasteiger partial charge is 0.377 e. The number of hydrogen-bond donors (Lipinski definition) is 1. The number of nitro groups is 1. The molecule has 5 heteroatoms. The second-order valence-corrected chi connectivity index (χ2v) is 5.22. The number of halogens is 1. The van der Waals surface area contributed by atoms with Crippen molar-refractivity contribution in [3.63, 3.8) is 0 Å². The van der Waals surface area contributed by atoms with Gasteiger partial charge in [-0.2, -0.15) is 0 Å². The molecule has 0 saturated heterocycles. The van der Waals surface area contributed by atoms with Gasteiger partial charge >= 0.3 is 0 Å². The summed E-state index contributed by atoms with van der Waals surface area (Å²) in [7, 11) is 0. The highest BCUT2D eigenvalue weighted by atomic mass is 35.5. The molecule has 2 aromatic carbocycles. The minimum absolute atomic E-state index is 0.00481. The van der Waals surface area contributed by atoms with Gasteiger partial charge in [0.15, 0.2) is 0 Å². The molecule has 2 rings (SSSR count). The minimum atomic E-state index is -0.373. The van der Waals surface area contributed by atoms with Crippen LogP contribution in [-0.2, 0) is 0 Å². The van der Waals surface area contributed by atoms with Gasteiger partial charge in [0.2, 0.25) is 0 Å². The average molecular weight is 305 g/mol. The van der Waals surface area contributed by atoms with Gasteiger partial charge in [0.1, 0.15) is 0 Å². The predicted molar refractivity (Wildman–Crippen MR) is 85.8 cm³/mol. The third-order valence-corrected chi connectivity index (χ3v) is 3.59. The Labute approximate surface area is 128 Å². The molecular formula is C16H17ClN2O2. The number of nitrogens with one attached hydrogen (secondary N) is 1. The maximum Gasteiger partial charge on any atom is 0.269 e. The molecule has 1 atom stereocenters. The summed E-state index contributed by atoms with van der Waals surface area (Å²) in [5.41, 5.74) is 1.84. The van der Waals surface area contributed by atoms with Crippen molar-refractivity contribution in [3.8, 4) is 0 Å². The van der Waals surface area contributed by atoms with Gasteiger partial charge in [-0.3, -0.25) is 10.1 Å². The molecule has 0 aliphatic heterocycles. The zero-order valence-electron chi connectivity index (χ0n) is 11.8. The molecule has 110 valence electrons. The van der Waals surface area contributed by atoms with E-state index in [4.69, 9.17) is 11.6 Å². The third kappa shape index (κ3) is 3.95. The van der Waals surface area contributed by atoms with E-state index in [1.165, 1.54) is 6.07 Å². The summed E-state index contributed by atoms with van der Waals surface area (Å²) < 4.78 is 0. The molecule has 0 saturated carbocycles. The molecule has 1 unspecified atom stereocenters. The SMILES string of the molecule is CCCC(Nc1ccccc1Cl)c1cccc([N+](=O)[O-])c1. The Balaban J connectivity index is 2.28. The Morgan fingerprint density at radius 3 is 2.67 bits per heavy atom. The Hall–Kier alpha value is -2.07. The first-order valence-corrected chi connectivity index (χ1v) is 7.25. The maximum absolute atomic E-state index is 10.9. The number of benzene rings is 2. The van der Waals surface area contributed by atoms with E-state index >= 15 is 0 Å². The zero-order valence-corrected chi connectivity index (χ0v) is 12.5. The molecular weight excluding hydrogens is 288 g/mol. The van der Waals surface area contributed by atoms with Crippen LogP contribution in [0.2, 0.25) is 5.02 Å². The first-order chi connectivity index (χ1) is 10.1. The van der Waals surface area contributed by atoms with E-state index < -0.39 is 0 Å². The highest BCUT2D eigenvalue weighted by Gasteiger charge is 2.15. The van der Waals surface area contributed by atoms with Crippen LogP contribution < -0.4 is 5.32 Å². The summed E-state index contributed by atoms with van der Waals surface area (Å²) in [4.78, 5) is 10.5. The van der Waals surface area contributed by atoms with E-state index in [1.807, 2.05) is 30.3 Å². The molecule has 0 aliphatic rings. The Bertz CT molecular complexity index is 631. The lowest BCUT2D eigenvalue weighted by Gasteiger charge is -2.20. The summed E-state index contributed by atoms with van der Waals surface area (Å²) in [5, 5.41) is 14.9. The average Bonchev–Trinajstić information content (AvgIpc) is 2.49. The van der Waals surface area contributed by atoms with Gasteiger partial charge in [0.25, 0.3) is 5.69 Å². The number of anilines is 1. The fourth-order valence-corrected chi connectivity index (χ4v) is 2.42. The van der Waals surface area contributed by atoms with E-state index in [-0.39, 0.29) is 16.7 Å². The lowest BCUT2D eigenvalue weighted by Crippen LogP contribution is -2.11. The number of hydrogen-bond acceptors (Lipinski definition) is 3. The topological polar surface area (TPSA) is 55.2 Å². The standard InChI is InChI=1S/C16H17ClN2O2/c1-2-6-15(18-16-10-4-3-9-14(16)17)12-7-5-8-13(11-12)19(20)21/h3-5,7-11,15,18H,2,6H2,1H3. The molecule has 0 fully saturated rings. The number of nitro benzene ring substituents is 1. The number of non-ortho nitro benzene ring substituents is 1. The van der Waals surface area contributed by atoms with Crippen LogP contribution in [0, 0.1) is 10.1 Å². The van der Waals surface area contributed by atoms with Crippen molar-refractivity contribution in [1.29, 1.82) is 0 Å². The minimum Gasteiger partial charge on any atom is -0.377 e. The molecule has 0 heterocycles. The second-order valence-electron chi connectivity index (χ2n) is 4.82. The molecule has 0 spiro atoms. The number of rotatable bonds is 6. The summed E-state index contributed by atoms with van der Waals surface area (Å²) in [6.45, 7) is 2.08. The molecule has 0 amide bonds. The van der Waals surface area contributed by atoms with E-state index in [1.54, 1.807) is 12.1 Å². The monoisotopic (exact) mass is 304 g/mol. The third-order valence-electron chi connectivity index (χ3n) is 3.26. The van der Waals surface area contributed by atoms with E-state index in [0.29, 0.717) is 5.02 Å². The predicted octanol–water partition coefficient (Wildman–Crippen LogP) is 5.20. The van der Waals surface area contributed by atoms with Crippen LogP contribution in [0.15, 0.2) is 48.5 Å². The smallest absolute Gasteiger partial charge is 0.269 e. The maximum atomic E-state index is 10.9.